The van der Waals surface area contributed by atoms with Gasteiger partial charge in [0, 0.05) is 0 Å². The molecule has 1 aliphatic rings. The Balaban J connectivity index is 2.08. The van der Waals surface area contributed by atoms with Crippen LogP contribution in [-0.2, 0) is 6.18 Å². The number of likely N-dealkylation sites (tertiary alicyclic amines) is 1. The topological polar surface area (TPSA) is 55.6 Å². The zero-order valence-electron chi connectivity index (χ0n) is 12.3. The molecule has 2 rings (SSSR count). The molecule has 0 bridgehead atoms. The Morgan fingerprint density at radius 3 is 2.55 bits per heavy atom. The van der Waals surface area contributed by atoms with Crippen LogP contribution in [0.5, 0.6) is 5.75 Å². The van der Waals surface area contributed by atoms with Crippen molar-refractivity contribution in [2.45, 2.75) is 19.0 Å². The van der Waals surface area contributed by atoms with Gasteiger partial charge in [-0.3, -0.25) is 4.79 Å². The second-order valence-corrected chi connectivity index (χ2v) is 5.63. The SMILES string of the molecule is CN1CCC(COc2ccc(C(F)(F)F)cc2C(N)=O)CC1. The Hall–Kier alpha value is -1.76. The molecule has 1 aliphatic heterocycles. The third-order valence-corrected chi connectivity index (χ3v) is 3.89. The zero-order valence-corrected chi connectivity index (χ0v) is 12.3. The number of halogens is 3. The van der Waals surface area contributed by atoms with E-state index in [1.165, 1.54) is 0 Å². The molecule has 0 radical (unpaired) electrons. The Bertz CT molecular complexity index is 538. The normalized spacial score (nSPS) is 17.5. The maximum Gasteiger partial charge on any atom is 0.416 e. The summed E-state index contributed by atoms with van der Waals surface area (Å²) in [4.78, 5) is 13.6. The largest absolute Gasteiger partial charge is 0.492 e. The molecule has 0 aromatic heterocycles. The van der Waals surface area contributed by atoms with Crippen LogP contribution < -0.4 is 10.5 Å². The first-order chi connectivity index (χ1) is 10.3. The molecule has 1 aromatic carbocycles. The van der Waals surface area contributed by atoms with E-state index in [-0.39, 0.29) is 11.3 Å². The molecule has 22 heavy (non-hydrogen) atoms. The Kier molecular flexibility index (Phi) is 4.95. The van der Waals surface area contributed by atoms with Crippen LogP contribution in [0.15, 0.2) is 18.2 Å². The molecule has 0 saturated carbocycles. The molecule has 1 fully saturated rings. The first-order valence-electron chi connectivity index (χ1n) is 7.09. The van der Waals surface area contributed by atoms with E-state index >= 15 is 0 Å². The van der Waals surface area contributed by atoms with Crippen molar-refractivity contribution in [3.63, 3.8) is 0 Å². The summed E-state index contributed by atoms with van der Waals surface area (Å²) in [6, 6.07) is 2.81. The zero-order chi connectivity index (χ0) is 16.3. The number of hydrogen-bond acceptors (Lipinski definition) is 3. The number of rotatable bonds is 4. The molecule has 1 saturated heterocycles. The van der Waals surface area contributed by atoms with E-state index in [1.807, 2.05) is 7.05 Å². The van der Waals surface area contributed by atoms with E-state index in [9.17, 15) is 18.0 Å². The van der Waals surface area contributed by atoms with Crippen LogP contribution in [0.2, 0.25) is 0 Å². The molecule has 0 spiro atoms. The minimum Gasteiger partial charge on any atom is -0.492 e. The summed E-state index contributed by atoms with van der Waals surface area (Å²) in [6.45, 7) is 2.30. The fourth-order valence-electron chi connectivity index (χ4n) is 2.46. The summed E-state index contributed by atoms with van der Waals surface area (Å²) < 4.78 is 43.6. The standard InChI is InChI=1S/C15H19F3N2O2/c1-20-6-4-10(5-7-20)9-22-13-3-2-11(15(16,17)18)8-12(13)14(19)21/h2-3,8,10H,4-7,9H2,1H3,(H2,19,21). The predicted octanol–water partition coefficient (Wildman–Crippen LogP) is 2.52. The number of ether oxygens (including phenoxy) is 1. The van der Waals surface area contributed by atoms with Gasteiger partial charge in [0.05, 0.1) is 17.7 Å². The van der Waals surface area contributed by atoms with Gasteiger partial charge in [-0.15, -0.1) is 0 Å². The van der Waals surface area contributed by atoms with Gasteiger partial charge in [0.25, 0.3) is 5.91 Å². The van der Waals surface area contributed by atoms with Crippen molar-refractivity contribution < 1.29 is 22.7 Å². The quantitative estimate of drug-likeness (QED) is 0.928. The highest BCUT2D eigenvalue weighted by atomic mass is 19.4. The number of amides is 1. The molecule has 4 nitrogen and oxygen atoms in total. The molecule has 0 aliphatic carbocycles. The summed E-state index contributed by atoms with van der Waals surface area (Å²) in [5.74, 6) is -0.483. The highest BCUT2D eigenvalue weighted by Crippen LogP contribution is 2.32. The highest BCUT2D eigenvalue weighted by molar-refractivity contribution is 5.95. The lowest BCUT2D eigenvalue weighted by Crippen LogP contribution is -2.32. The maximum atomic E-state index is 12.7. The Labute approximate surface area is 127 Å². The molecular weight excluding hydrogens is 297 g/mol. The number of hydrogen-bond donors (Lipinski definition) is 1. The Morgan fingerprint density at radius 2 is 2.00 bits per heavy atom. The Morgan fingerprint density at radius 1 is 1.36 bits per heavy atom. The fourth-order valence-corrected chi connectivity index (χ4v) is 2.46. The maximum absolute atomic E-state index is 12.7. The average Bonchev–Trinajstić information content (AvgIpc) is 2.45. The van der Waals surface area contributed by atoms with E-state index in [4.69, 9.17) is 10.5 Å². The number of carbonyl (C=O) groups is 1. The van der Waals surface area contributed by atoms with Crippen molar-refractivity contribution in [1.82, 2.24) is 4.90 Å². The summed E-state index contributed by atoms with van der Waals surface area (Å²) in [7, 11) is 2.04. The van der Waals surface area contributed by atoms with Crippen molar-refractivity contribution in [3.8, 4) is 5.75 Å². The number of nitrogens with two attached hydrogens (primary N) is 1. The van der Waals surface area contributed by atoms with Crippen LogP contribution in [0.1, 0.15) is 28.8 Å². The van der Waals surface area contributed by atoms with Crippen LogP contribution in [-0.4, -0.2) is 37.6 Å². The lowest BCUT2D eigenvalue weighted by Gasteiger charge is -2.28. The smallest absolute Gasteiger partial charge is 0.416 e. The van der Waals surface area contributed by atoms with E-state index in [2.05, 4.69) is 4.90 Å². The van der Waals surface area contributed by atoms with Crippen molar-refractivity contribution in [2.24, 2.45) is 11.7 Å². The first kappa shape index (κ1) is 16.6. The van der Waals surface area contributed by atoms with Crippen LogP contribution in [0.4, 0.5) is 13.2 Å². The lowest BCUT2D eigenvalue weighted by atomic mass is 9.98. The van der Waals surface area contributed by atoms with Crippen LogP contribution in [0.25, 0.3) is 0 Å². The number of primary amides is 1. The van der Waals surface area contributed by atoms with Gasteiger partial charge in [-0.05, 0) is 57.1 Å². The molecule has 122 valence electrons. The van der Waals surface area contributed by atoms with E-state index in [0.717, 1.165) is 44.1 Å². The van der Waals surface area contributed by atoms with Gasteiger partial charge in [-0.1, -0.05) is 0 Å². The summed E-state index contributed by atoms with van der Waals surface area (Å²) in [5.41, 5.74) is 4.02. The van der Waals surface area contributed by atoms with Crippen LogP contribution in [0.3, 0.4) is 0 Å². The van der Waals surface area contributed by atoms with Gasteiger partial charge in [0.15, 0.2) is 0 Å². The number of piperidine rings is 1. The van der Waals surface area contributed by atoms with Crippen molar-refractivity contribution in [2.75, 3.05) is 26.7 Å². The molecule has 7 heteroatoms. The van der Waals surface area contributed by atoms with Crippen molar-refractivity contribution >= 4 is 5.91 Å². The van der Waals surface area contributed by atoms with Gasteiger partial charge in [0.2, 0.25) is 0 Å². The molecule has 1 amide bonds. The second-order valence-electron chi connectivity index (χ2n) is 5.63. The molecule has 0 unspecified atom stereocenters. The first-order valence-corrected chi connectivity index (χ1v) is 7.09. The number of carbonyl (C=O) groups excluding carboxylic acids is 1. The highest BCUT2D eigenvalue weighted by Gasteiger charge is 2.32. The second kappa shape index (κ2) is 6.56. The molecule has 1 aromatic rings. The molecule has 2 N–H and O–H groups in total. The summed E-state index contributed by atoms with van der Waals surface area (Å²) in [6.07, 6.45) is -2.59. The average molecular weight is 316 g/mol. The van der Waals surface area contributed by atoms with Crippen molar-refractivity contribution in [3.05, 3.63) is 29.3 Å². The number of alkyl halides is 3. The minimum atomic E-state index is -4.52. The summed E-state index contributed by atoms with van der Waals surface area (Å²) in [5, 5.41) is 0. The molecule has 1 heterocycles. The van der Waals surface area contributed by atoms with Gasteiger partial charge in [-0.25, -0.2) is 0 Å². The van der Waals surface area contributed by atoms with Gasteiger partial charge in [-0.2, -0.15) is 13.2 Å². The molecular formula is C15H19F3N2O2. The minimum absolute atomic E-state index is 0.111. The third kappa shape index (κ3) is 4.13. The number of benzene rings is 1. The fraction of sp³-hybridized carbons (Fsp3) is 0.533. The monoisotopic (exact) mass is 316 g/mol. The van der Waals surface area contributed by atoms with E-state index < -0.39 is 17.6 Å². The number of nitrogens with zero attached hydrogens (tertiary/aromatic N) is 1. The van der Waals surface area contributed by atoms with Crippen LogP contribution >= 0.6 is 0 Å². The van der Waals surface area contributed by atoms with Gasteiger partial charge < -0.3 is 15.4 Å². The van der Waals surface area contributed by atoms with E-state index in [0.29, 0.717) is 12.5 Å². The summed E-state index contributed by atoms with van der Waals surface area (Å²) >= 11 is 0. The third-order valence-electron chi connectivity index (χ3n) is 3.89. The predicted molar refractivity (Wildman–Crippen MR) is 75.7 cm³/mol. The van der Waals surface area contributed by atoms with E-state index in [1.54, 1.807) is 0 Å². The lowest BCUT2D eigenvalue weighted by molar-refractivity contribution is -0.137. The van der Waals surface area contributed by atoms with Crippen LogP contribution in [0, 0.1) is 5.92 Å². The van der Waals surface area contributed by atoms with Gasteiger partial charge >= 0.3 is 6.18 Å². The van der Waals surface area contributed by atoms with Crippen molar-refractivity contribution in [1.29, 1.82) is 0 Å². The van der Waals surface area contributed by atoms with Gasteiger partial charge in [0.1, 0.15) is 5.75 Å². The molecule has 0 atom stereocenters.